The van der Waals surface area contributed by atoms with Crippen LogP contribution in [0.2, 0.25) is 0 Å². The van der Waals surface area contributed by atoms with Crippen molar-refractivity contribution in [3.8, 4) is 0 Å². The van der Waals surface area contributed by atoms with Gasteiger partial charge in [-0.05, 0) is 31.0 Å². The molecular formula is C21H28N4O2S. The molecule has 0 radical (unpaired) electrons. The van der Waals surface area contributed by atoms with Crippen LogP contribution in [-0.2, 0) is 10.0 Å². The van der Waals surface area contributed by atoms with Crippen LogP contribution < -0.4 is 10.0 Å². The Kier molecular flexibility index (Phi) is 6.70. The van der Waals surface area contributed by atoms with Gasteiger partial charge in [0.15, 0.2) is 5.96 Å². The van der Waals surface area contributed by atoms with E-state index in [1.165, 1.54) is 5.56 Å². The van der Waals surface area contributed by atoms with Crippen LogP contribution in [0.5, 0.6) is 0 Å². The molecule has 1 saturated heterocycles. The first-order valence-electron chi connectivity index (χ1n) is 9.56. The van der Waals surface area contributed by atoms with Gasteiger partial charge in [-0.1, -0.05) is 48.0 Å². The number of aliphatic imine (C=N–C) groups is 1. The maximum Gasteiger partial charge on any atom is 0.240 e. The van der Waals surface area contributed by atoms with E-state index in [0.29, 0.717) is 19.0 Å². The minimum Gasteiger partial charge on any atom is -0.355 e. The molecule has 28 heavy (non-hydrogen) atoms. The van der Waals surface area contributed by atoms with E-state index in [4.69, 9.17) is 0 Å². The number of aryl methyl sites for hydroxylation is 1. The van der Waals surface area contributed by atoms with Crippen molar-refractivity contribution in [2.75, 3.05) is 33.2 Å². The number of benzene rings is 2. The Morgan fingerprint density at radius 1 is 1.11 bits per heavy atom. The zero-order chi connectivity index (χ0) is 20.0. The van der Waals surface area contributed by atoms with E-state index in [2.05, 4.69) is 44.2 Å². The van der Waals surface area contributed by atoms with E-state index in [0.717, 1.165) is 31.0 Å². The van der Waals surface area contributed by atoms with Crippen molar-refractivity contribution >= 4 is 16.0 Å². The predicted octanol–water partition coefficient (Wildman–Crippen LogP) is 2.34. The van der Waals surface area contributed by atoms with E-state index >= 15 is 0 Å². The first-order valence-corrected chi connectivity index (χ1v) is 11.0. The number of guanidine groups is 1. The molecule has 1 heterocycles. The minimum atomic E-state index is -3.49. The summed E-state index contributed by atoms with van der Waals surface area (Å²) in [6, 6.07) is 17.4. The van der Waals surface area contributed by atoms with Gasteiger partial charge in [0.25, 0.3) is 0 Å². The molecule has 2 aromatic carbocycles. The summed E-state index contributed by atoms with van der Waals surface area (Å²) in [5.74, 6) is 1.31. The maximum absolute atomic E-state index is 12.3. The third-order valence-corrected chi connectivity index (χ3v) is 6.48. The maximum atomic E-state index is 12.3. The van der Waals surface area contributed by atoms with Gasteiger partial charge in [0, 0.05) is 39.1 Å². The van der Waals surface area contributed by atoms with E-state index < -0.39 is 10.0 Å². The third-order valence-electron chi connectivity index (χ3n) is 5.00. The van der Waals surface area contributed by atoms with E-state index in [9.17, 15) is 8.42 Å². The van der Waals surface area contributed by atoms with Crippen molar-refractivity contribution in [2.45, 2.75) is 24.2 Å². The molecule has 0 amide bonds. The zero-order valence-electron chi connectivity index (χ0n) is 16.4. The number of rotatable bonds is 6. The molecule has 2 aromatic rings. The summed E-state index contributed by atoms with van der Waals surface area (Å²) in [4.78, 5) is 6.87. The fourth-order valence-electron chi connectivity index (χ4n) is 3.44. The van der Waals surface area contributed by atoms with Crippen LogP contribution in [-0.4, -0.2) is 52.5 Å². The Labute approximate surface area is 167 Å². The normalized spacial score (nSPS) is 17.7. The van der Waals surface area contributed by atoms with Gasteiger partial charge >= 0.3 is 0 Å². The summed E-state index contributed by atoms with van der Waals surface area (Å²) in [7, 11) is -1.73. The Hall–Kier alpha value is -2.38. The molecule has 0 saturated carbocycles. The lowest BCUT2D eigenvalue weighted by Gasteiger charge is -2.22. The Morgan fingerprint density at radius 2 is 1.82 bits per heavy atom. The second-order valence-electron chi connectivity index (χ2n) is 7.03. The minimum absolute atomic E-state index is 0.285. The standard InChI is InChI=1S/C21H28N4O2S/c1-17-8-10-20(11-9-17)28(26,27)24-14-13-23-21(22-2)25-15-12-19(16-25)18-6-4-3-5-7-18/h3-11,19,24H,12-16H2,1-2H3,(H,22,23). The lowest BCUT2D eigenvalue weighted by molar-refractivity contribution is 0.486. The molecule has 0 aliphatic carbocycles. The van der Waals surface area contributed by atoms with Crippen LogP contribution in [0.4, 0.5) is 0 Å². The Balaban J connectivity index is 1.48. The smallest absolute Gasteiger partial charge is 0.240 e. The van der Waals surface area contributed by atoms with E-state index in [1.807, 2.05) is 13.0 Å². The molecule has 0 bridgehead atoms. The topological polar surface area (TPSA) is 73.8 Å². The SMILES string of the molecule is CN=C(NCCNS(=O)(=O)c1ccc(C)cc1)N1CCC(c2ccccc2)C1. The highest BCUT2D eigenvalue weighted by Gasteiger charge is 2.25. The van der Waals surface area contributed by atoms with E-state index in [-0.39, 0.29) is 4.90 Å². The molecule has 1 unspecified atom stereocenters. The summed E-state index contributed by atoms with van der Waals surface area (Å²) in [6.45, 7) is 4.56. The molecule has 0 spiro atoms. The lowest BCUT2D eigenvalue weighted by atomic mass is 9.99. The summed E-state index contributed by atoms with van der Waals surface area (Å²) in [6.07, 6.45) is 1.09. The van der Waals surface area contributed by atoms with Gasteiger partial charge in [-0.3, -0.25) is 4.99 Å². The molecule has 6 nitrogen and oxygen atoms in total. The van der Waals surface area contributed by atoms with E-state index in [1.54, 1.807) is 31.3 Å². The first-order chi connectivity index (χ1) is 13.5. The Morgan fingerprint density at radius 3 is 2.50 bits per heavy atom. The van der Waals surface area contributed by atoms with Crippen molar-refractivity contribution in [3.05, 3.63) is 65.7 Å². The average Bonchev–Trinajstić information content (AvgIpc) is 3.19. The van der Waals surface area contributed by atoms with Gasteiger partial charge in [-0.15, -0.1) is 0 Å². The molecular weight excluding hydrogens is 372 g/mol. The molecule has 7 heteroatoms. The quantitative estimate of drug-likeness (QED) is 0.443. The summed E-state index contributed by atoms with van der Waals surface area (Å²) >= 11 is 0. The van der Waals surface area contributed by atoms with Crippen molar-refractivity contribution in [1.82, 2.24) is 14.9 Å². The number of hydrogen-bond acceptors (Lipinski definition) is 3. The number of hydrogen-bond donors (Lipinski definition) is 2. The first kappa shape index (κ1) is 20.4. The van der Waals surface area contributed by atoms with Crippen LogP contribution in [0.3, 0.4) is 0 Å². The van der Waals surface area contributed by atoms with Gasteiger partial charge in [0.1, 0.15) is 0 Å². The van der Waals surface area contributed by atoms with Crippen LogP contribution in [0.25, 0.3) is 0 Å². The van der Waals surface area contributed by atoms with Crippen LogP contribution in [0.1, 0.15) is 23.5 Å². The number of sulfonamides is 1. The molecule has 1 atom stereocenters. The van der Waals surface area contributed by atoms with Crippen LogP contribution in [0.15, 0.2) is 64.5 Å². The monoisotopic (exact) mass is 400 g/mol. The van der Waals surface area contributed by atoms with Gasteiger partial charge in [-0.2, -0.15) is 0 Å². The summed E-state index contributed by atoms with van der Waals surface area (Å²) in [5.41, 5.74) is 2.38. The summed E-state index contributed by atoms with van der Waals surface area (Å²) < 4.78 is 27.3. The largest absolute Gasteiger partial charge is 0.355 e. The lowest BCUT2D eigenvalue weighted by Crippen LogP contribution is -2.43. The predicted molar refractivity (Wildman–Crippen MR) is 113 cm³/mol. The molecule has 1 aliphatic rings. The number of nitrogens with one attached hydrogen (secondary N) is 2. The second kappa shape index (κ2) is 9.21. The van der Waals surface area contributed by atoms with Crippen molar-refractivity contribution in [3.63, 3.8) is 0 Å². The van der Waals surface area contributed by atoms with Crippen LogP contribution in [0, 0.1) is 6.92 Å². The van der Waals surface area contributed by atoms with Gasteiger partial charge in [-0.25, -0.2) is 13.1 Å². The number of likely N-dealkylation sites (tertiary alicyclic amines) is 1. The van der Waals surface area contributed by atoms with Crippen molar-refractivity contribution in [2.24, 2.45) is 4.99 Å². The molecule has 1 aliphatic heterocycles. The second-order valence-corrected chi connectivity index (χ2v) is 8.79. The highest BCUT2D eigenvalue weighted by atomic mass is 32.2. The zero-order valence-corrected chi connectivity index (χ0v) is 17.2. The molecule has 150 valence electrons. The molecule has 2 N–H and O–H groups in total. The third kappa shape index (κ3) is 5.11. The van der Waals surface area contributed by atoms with Crippen LogP contribution >= 0.6 is 0 Å². The van der Waals surface area contributed by atoms with Crippen molar-refractivity contribution in [1.29, 1.82) is 0 Å². The van der Waals surface area contributed by atoms with Gasteiger partial charge in [0.05, 0.1) is 4.90 Å². The number of nitrogens with zero attached hydrogens (tertiary/aromatic N) is 2. The highest BCUT2D eigenvalue weighted by molar-refractivity contribution is 7.89. The summed E-state index contributed by atoms with van der Waals surface area (Å²) in [5, 5.41) is 3.27. The Bertz CT molecular complexity index is 896. The highest BCUT2D eigenvalue weighted by Crippen LogP contribution is 2.26. The van der Waals surface area contributed by atoms with Crippen molar-refractivity contribution < 1.29 is 8.42 Å². The van der Waals surface area contributed by atoms with Gasteiger partial charge in [0.2, 0.25) is 10.0 Å². The molecule has 1 fully saturated rings. The fraction of sp³-hybridized carbons (Fsp3) is 0.381. The molecule has 3 rings (SSSR count). The van der Waals surface area contributed by atoms with Gasteiger partial charge < -0.3 is 10.2 Å². The average molecular weight is 401 g/mol. The fourth-order valence-corrected chi connectivity index (χ4v) is 4.47. The molecule has 0 aromatic heterocycles.